The minimum atomic E-state index is 0.0779. The molecule has 0 aromatic carbocycles. The van der Waals surface area contributed by atoms with Crippen LogP contribution < -0.4 is 5.73 Å². The largest absolute Gasteiger partial charge is 0.370 e. The lowest BCUT2D eigenvalue weighted by Crippen LogP contribution is -2.41. The molecule has 0 saturated carbocycles. The Morgan fingerprint density at radius 1 is 1.39 bits per heavy atom. The molecule has 0 spiro atoms. The third-order valence-electron chi connectivity index (χ3n) is 3.50. The van der Waals surface area contributed by atoms with Gasteiger partial charge in [-0.15, -0.1) is 11.3 Å². The van der Waals surface area contributed by atoms with Gasteiger partial charge in [0, 0.05) is 23.4 Å². The Hall–Kier alpha value is -1.03. The van der Waals surface area contributed by atoms with Crippen LogP contribution in [-0.4, -0.2) is 30.5 Å². The fourth-order valence-electron chi connectivity index (χ4n) is 2.24. The van der Waals surface area contributed by atoms with Gasteiger partial charge in [-0.2, -0.15) is 0 Å². The fraction of sp³-hybridized carbons (Fsp3) is 0.643. The number of thiophene rings is 1. The Bertz CT molecular complexity index is 389. The highest BCUT2D eigenvalue weighted by atomic mass is 32.1. The Balaban J connectivity index is 1.96. The summed E-state index contributed by atoms with van der Waals surface area (Å²) >= 11 is 1.79. The van der Waals surface area contributed by atoms with Gasteiger partial charge in [-0.1, -0.05) is 19.9 Å². The summed E-state index contributed by atoms with van der Waals surface area (Å²) in [4.78, 5) is 8.19. The summed E-state index contributed by atoms with van der Waals surface area (Å²) in [5.41, 5.74) is 6.17. The van der Waals surface area contributed by atoms with Gasteiger partial charge in [0.1, 0.15) is 0 Å². The van der Waals surface area contributed by atoms with Gasteiger partial charge in [0.15, 0.2) is 5.96 Å². The summed E-state index contributed by atoms with van der Waals surface area (Å²) in [6, 6.07) is 4.27. The second-order valence-corrected chi connectivity index (χ2v) is 6.53. The van der Waals surface area contributed by atoms with Crippen molar-refractivity contribution >= 4 is 17.3 Å². The van der Waals surface area contributed by atoms with Crippen LogP contribution in [0.25, 0.3) is 0 Å². The van der Waals surface area contributed by atoms with E-state index >= 15 is 0 Å². The Morgan fingerprint density at radius 2 is 2.11 bits per heavy atom. The molecule has 0 radical (unpaired) electrons. The first-order valence-corrected chi connectivity index (χ1v) is 7.56. The van der Waals surface area contributed by atoms with E-state index in [1.54, 1.807) is 11.3 Å². The summed E-state index contributed by atoms with van der Waals surface area (Å²) < 4.78 is 0. The van der Waals surface area contributed by atoms with Gasteiger partial charge in [0.25, 0.3) is 0 Å². The van der Waals surface area contributed by atoms with Crippen molar-refractivity contribution in [1.82, 2.24) is 4.90 Å². The van der Waals surface area contributed by atoms with Crippen molar-refractivity contribution < 1.29 is 0 Å². The molecule has 1 aromatic heterocycles. The molecule has 1 aliphatic heterocycles. The molecule has 100 valence electrons. The molecule has 1 fully saturated rings. The zero-order chi connectivity index (χ0) is 13.0. The van der Waals surface area contributed by atoms with Crippen LogP contribution in [0.4, 0.5) is 0 Å². The topological polar surface area (TPSA) is 41.6 Å². The molecule has 0 unspecified atom stereocenters. The van der Waals surface area contributed by atoms with Crippen molar-refractivity contribution in [2.45, 2.75) is 38.5 Å². The maximum absolute atomic E-state index is 6.09. The van der Waals surface area contributed by atoms with Crippen LogP contribution in [0, 0.1) is 0 Å². The lowest BCUT2D eigenvalue weighted by Gasteiger charge is -2.28. The summed E-state index contributed by atoms with van der Waals surface area (Å²) in [6.07, 6.45) is 3.81. The first-order valence-electron chi connectivity index (χ1n) is 6.68. The summed E-state index contributed by atoms with van der Waals surface area (Å²) in [7, 11) is 0. The predicted molar refractivity (Wildman–Crippen MR) is 79.3 cm³/mol. The van der Waals surface area contributed by atoms with Crippen LogP contribution in [0.2, 0.25) is 0 Å². The SMILES string of the molecule is CC(C)(CN=C(N)N1CCCCC1)c1cccs1. The first kappa shape index (κ1) is 13.4. The average molecular weight is 265 g/mol. The van der Waals surface area contributed by atoms with E-state index in [-0.39, 0.29) is 5.41 Å². The number of aliphatic imine (C=N–C) groups is 1. The summed E-state index contributed by atoms with van der Waals surface area (Å²) in [5.74, 6) is 0.722. The zero-order valence-electron chi connectivity index (χ0n) is 11.4. The monoisotopic (exact) mass is 265 g/mol. The average Bonchev–Trinajstić information content (AvgIpc) is 2.92. The predicted octanol–water partition coefficient (Wildman–Crippen LogP) is 2.83. The van der Waals surface area contributed by atoms with Crippen molar-refractivity contribution in [3.05, 3.63) is 22.4 Å². The van der Waals surface area contributed by atoms with Gasteiger partial charge in [-0.05, 0) is 30.7 Å². The van der Waals surface area contributed by atoms with E-state index in [0.717, 1.165) is 25.6 Å². The first-order chi connectivity index (χ1) is 8.59. The third kappa shape index (κ3) is 3.25. The number of nitrogens with two attached hydrogens (primary N) is 1. The maximum Gasteiger partial charge on any atom is 0.191 e. The number of hydrogen-bond acceptors (Lipinski definition) is 2. The van der Waals surface area contributed by atoms with Crippen LogP contribution in [0.1, 0.15) is 38.0 Å². The molecular formula is C14H23N3S. The quantitative estimate of drug-likeness (QED) is 0.674. The van der Waals surface area contributed by atoms with Crippen molar-refractivity contribution in [3.8, 4) is 0 Å². The molecule has 0 bridgehead atoms. The number of nitrogens with zero attached hydrogens (tertiary/aromatic N) is 2. The maximum atomic E-state index is 6.09. The van der Waals surface area contributed by atoms with E-state index in [0.29, 0.717) is 0 Å². The Morgan fingerprint density at radius 3 is 2.72 bits per heavy atom. The van der Waals surface area contributed by atoms with Gasteiger partial charge >= 0.3 is 0 Å². The molecular weight excluding hydrogens is 242 g/mol. The van der Waals surface area contributed by atoms with Gasteiger partial charge in [-0.3, -0.25) is 4.99 Å². The molecule has 4 heteroatoms. The Kier molecular flexibility index (Phi) is 4.27. The van der Waals surface area contributed by atoms with Crippen LogP contribution in [-0.2, 0) is 5.41 Å². The molecule has 2 N–H and O–H groups in total. The van der Waals surface area contributed by atoms with Crippen LogP contribution in [0.5, 0.6) is 0 Å². The molecule has 1 saturated heterocycles. The highest BCUT2D eigenvalue weighted by Gasteiger charge is 2.22. The van der Waals surface area contributed by atoms with Crippen LogP contribution >= 0.6 is 11.3 Å². The smallest absolute Gasteiger partial charge is 0.191 e. The number of rotatable bonds is 3. The van der Waals surface area contributed by atoms with E-state index in [4.69, 9.17) is 5.73 Å². The van der Waals surface area contributed by atoms with E-state index < -0.39 is 0 Å². The minimum Gasteiger partial charge on any atom is -0.370 e. The van der Waals surface area contributed by atoms with Gasteiger partial charge < -0.3 is 10.6 Å². The number of piperidine rings is 1. The number of hydrogen-bond donors (Lipinski definition) is 1. The molecule has 0 amide bonds. The molecule has 2 rings (SSSR count). The van der Waals surface area contributed by atoms with Crippen molar-refractivity contribution in [2.75, 3.05) is 19.6 Å². The van der Waals surface area contributed by atoms with Crippen molar-refractivity contribution in [1.29, 1.82) is 0 Å². The molecule has 3 nitrogen and oxygen atoms in total. The number of guanidine groups is 1. The van der Waals surface area contributed by atoms with Crippen LogP contribution in [0.3, 0.4) is 0 Å². The standard InChI is InChI=1S/C14H23N3S/c1-14(2,12-7-6-10-18-12)11-16-13(15)17-8-4-3-5-9-17/h6-7,10H,3-5,8-9,11H2,1-2H3,(H2,15,16). The molecule has 1 aliphatic rings. The molecule has 0 aliphatic carbocycles. The van der Waals surface area contributed by atoms with E-state index in [1.807, 2.05) is 0 Å². The zero-order valence-corrected chi connectivity index (χ0v) is 12.2. The summed E-state index contributed by atoms with van der Waals surface area (Å²) in [6.45, 7) is 7.34. The lowest BCUT2D eigenvalue weighted by atomic mass is 9.92. The van der Waals surface area contributed by atoms with Crippen molar-refractivity contribution in [3.63, 3.8) is 0 Å². The van der Waals surface area contributed by atoms with Gasteiger partial charge in [-0.25, -0.2) is 0 Å². The lowest BCUT2D eigenvalue weighted by molar-refractivity contribution is 0.337. The van der Waals surface area contributed by atoms with Gasteiger partial charge in [0.2, 0.25) is 0 Å². The molecule has 0 atom stereocenters. The minimum absolute atomic E-state index is 0.0779. The highest BCUT2D eigenvalue weighted by Crippen LogP contribution is 2.27. The van der Waals surface area contributed by atoms with Crippen LogP contribution in [0.15, 0.2) is 22.5 Å². The van der Waals surface area contributed by atoms with E-state index in [2.05, 4.69) is 41.3 Å². The van der Waals surface area contributed by atoms with Gasteiger partial charge in [0.05, 0.1) is 6.54 Å². The molecule has 18 heavy (non-hydrogen) atoms. The molecule has 1 aromatic rings. The second kappa shape index (κ2) is 5.74. The van der Waals surface area contributed by atoms with E-state index in [1.165, 1.54) is 24.1 Å². The fourth-order valence-corrected chi connectivity index (χ4v) is 3.09. The Labute approximate surface area is 114 Å². The molecule has 2 heterocycles. The van der Waals surface area contributed by atoms with E-state index in [9.17, 15) is 0 Å². The highest BCUT2D eigenvalue weighted by molar-refractivity contribution is 7.10. The summed E-state index contributed by atoms with van der Waals surface area (Å²) in [5, 5.41) is 2.12. The number of likely N-dealkylation sites (tertiary alicyclic amines) is 1. The van der Waals surface area contributed by atoms with Crippen molar-refractivity contribution in [2.24, 2.45) is 10.7 Å². The third-order valence-corrected chi connectivity index (χ3v) is 4.74. The normalized spacial score (nSPS) is 18.1. The second-order valence-electron chi connectivity index (χ2n) is 5.58.